The van der Waals surface area contributed by atoms with Gasteiger partial charge < -0.3 is 24.7 Å². The van der Waals surface area contributed by atoms with Crippen molar-refractivity contribution in [2.75, 3.05) is 34.2 Å². The van der Waals surface area contributed by atoms with Crippen molar-refractivity contribution in [3.05, 3.63) is 66.7 Å². The Morgan fingerprint density at radius 3 is 1.52 bits per heavy atom. The van der Waals surface area contributed by atoms with Gasteiger partial charge in [0.05, 0.1) is 28.4 Å². The minimum Gasteiger partial charge on any atom is -0.493 e. The molecule has 0 aromatic heterocycles. The summed E-state index contributed by atoms with van der Waals surface area (Å²) in [6.45, 7) is 0. The Hall–Kier alpha value is -3.86. The van der Waals surface area contributed by atoms with Crippen molar-refractivity contribution in [1.29, 1.82) is 0 Å². The van der Waals surface area contributed by atoms with Crippen LogP contribution < -0.4 is 24.7 Å². The maximum absolute atomic E-state index is 6.65. The molecular formula is C26H25NO4. The van der Waals surface area contributed by atoms with Crippen LogP contribution in [0.4, 0.5) is 5.69 Å². The van der Waals surface area contributed by atoms with Gasteiger partial charge in [-0.25, -0.2) is 0 Å². The van der Waals surface area contributed by atoms with Crippen LogP contribution in [0.2, 0.25) is 0 Å². The molecule has 0 amide bonds. The lowest BCUT2D eigenvalue weighted by atomic mass is 9.91. The van der Waals surface area contributed by atoms with Gasteiger partial charge in [0.1, 0.15) is 0 Å². The van der Waals surface area contributed by atoms with Gasteiger partial charge in [-0.05, 0) is 52.4 Å². The fourth-order valence-corrected chi connectivity index (χ4v) is 3.88. The Morgan fingerprint density at radius 2 is 1.00 bits per heavy atom. The van der Waals surface area contributed by atoms with Crippen molar-refractivity contribution in [3.63, 3.8) is 0 Å². The van der Waals surface area contributed by atoms with E-state index in [4.69, 9.17) is 24.7 Å². The molecule has 5 heteroatoms. The third-order valence-electron chi connectivity index (χ3n) is 5.48. The predicted molar refractivity (Wildman–Crippen MR) is 125 cm³/mol. The van der Waals surface area contributed by atoms with Gasteiger partial charge in [0.2, 0.25) is 0 Å². The van der Waals surface area contributed by atoms with E-state index in [1.165, 1.54) is 0 Å². The number of benzene rings is 4. The number of ether oxygens (including phenoxy) is 4. The molecule has 4 aromatic rings. The largest absolute Gasteiger partial charge is 0.493 e. The van der Waals surface area contributed by atoms with Gasteiger partial charge in [-0.15, -0.1) is 0 Å². The normalized spacial score (nSPS) is 10.7. The van der Waals surface area contributed by atoms with Gasteiger partial charge in [0.15, 0.2) is 23.0 Å². The summed E-state index contributed by atoms with van der Waals surface area (Å²) in [7, 11) is 6.51. The van der Waals surface area contributed by atoms with E-state index in [9.17, 15) is 0 Å². The van der Waals surface area contributed by atoms with Crippen LogP contribution >= 0.6 is 0 Å². The van der Waals surface area contributed by atoms with Crippen LogP contribution in [0, 0.1) is 0 Å². The summed E-state index contributed by atoms with van der Waals surface area (Å²) in [4.78, 5) is 0. The highest BCUT2D eigenvalue weighted by molar-refractivity contribution is 6.08. The summed E-state index contributed by atoms with van der Waals surface area (Å²) < 4.78 is 21.8. The maximum Gasteiger partial charge on any atom is 0.161 e. The number of hydrogen-bond donors (Lipinski definition) is 1. The van der Waals surface area contributed by atoms with Gasteiger partial charge in [-0.3, -0.25) is 0 Å². The van der Waals surface area contributed by atoms with E-state index < -0.39 is 0 Å². The molecule has 31 heavy (non-hydrogen) atoms. The van der Waals surface area contributed by atoms with Crippen LogP contribution in [0.1, 0.15) is 0 Å². The van der Waals surface area contributed by atoms with Gasteiger partial charge in [-0.2, -0.15) is 0 Å². The van der Waals surface area contributed by atoms with Crippen LogP contribution in [0.15, 0.2) is 66.7 Å². The number of anilines is 1. The van der Waals surface area contributed by atoms with Crippen LogP contribution in [0.5, 0.6) is 23.0 Å². The van der Waals surface area contributed by atoms with E-state index >= 15 is 0 Å². The van der Waals surface area contributed by atoms with Crippen molar-refractivity contribution >= 4 is 16.5 Å². The summed E-state index contributed by atoms with van der Waals surface area (Å²) in [6.07, 6.45) is 0. The molecule has 0 unspecified atom stereocenters. The van der Waals surface area contributed by atoms with Gasteiger partial charge in [0, 0.05) is 16.6 Å². The van der Waals surface area contributed by atoms with Crippen LogP contribution in [-0.4, -0.2) is 28.4 Å². The van der Waals surface area contributed by atoms with Crippen molar-refractivity contribution in [2.45, 2.75) is 0 Å². The number of methoxy groups -OCH3 is 4. The summed E-state index contributed by atoms with van der Waals surface area (Å²) in [5, 5.41) is 2.05. The minimum atomic E-state index is 0.653. The smallest absolute Gasteiger partial charge is 0.161 e. The number of hydrogen-bond acceptors (Lipinski definition) is 5. The first-order valence-corrected chi connectivity index (χ1v) is 9.87. The molecule has 0 spiro atoms. The van der Waals surface area contributed by atoms with E-state index in [1.807, 2.05) is 54.6 Å². The molecule has 2 N–H and O–H groups in total. The molecule has 0 aliphatic rings. The quantitative estimate of drug-likeness (QED) is 0.404. The molecule has 0 aliphatic carbocycles. The first kappa shape index (κ1) is 20.4. The fourth-order valence-electron chi connectivity index (χ4n) is 3.88. The fraction of sp³-hybridized carbons (Fsp3) is 0.154. The molecule has 0 radical (unpaired) electrons. The molecule has 0 saturated carbocycles. The second kappa shape index (κ2) is 8.48. The average Bonchev–Trinajstić information content (AvgIpc) is 2.83. The summed E-state index contributed by atoms with van der Waals surface area (Å²) in [6, 6.07) is 22.0. The first-order chi connectivity index (χ1) is 15.1. The number of fused-ring (bicyclic) bond motifs is 1. The van der Waals surface area contributed by atoms with Crippen molar-refractivity contribution < 1.29 is 18.9 Å². The zero-order valence-corrected chi connectivity index (χ0v) is 18.1. The maximum atomic E-state index is 6.65. The number of rotatable bonds is 6. The monoisotopic (exact) mass is 415 g/mol. The van der Waals surface area contributed by atoms with E-state index in [2.05, 4.69) is 12.1 Å². The van der Waals surface area contributed by atoms with E-state index in [0.29, 0.717) is 28.7 Å². The van der Waals surface area contributed by atoms with Crippen molar-refractivity contribution in [3.8, 4) is 45.3 Å². The molecule has 0 heterocycles. The van der Waals surface area contributed by atoms with Gasteiger partial charge in [-0.1, -0.05) is 36.4 Å². The zero-order chi connectivity index (χ0) is 22.0. The molecule has 4 rings (SSSR count). The highest BCUT2D eigenvalue weighted by atomic mass is 16.5. The Morgan fingerprint density at radius 1 is 0.516 bits per heavy atom. The van der Waals surface area contributed by atoms with Gasteiger partial charge in [0.25, 0.3) is 0 Å². The highest BCUT2D eigenvalue weighted by Crippen LogP contribution is 2.43. The molecule has 0 saturated heterocycles. The highest BCUT2D eigenvalue weighted by Gasteiger charge is 2.16. The Kier molecular flexibility index (Phi) is 5.58. The molecule has 0 aliphatic heterocycles. The lowest BCUT2D eigenvalue weighted by Crippen LogP contribution is -1.96. The Balaban J connectivity index is 1.99. The van der Waals surface area contributed by atoms with Crippen LogP contribution in [-0.2, 0) is 0 Å². The molecule has 0 fully saturated rings. The van der Waals surface area contributed by atoms with E-state index in [0.717, 1.165) is 33.0 Å². The molecule has 0 bridgehead atoms. The topological polar surface area (TPSA) is 62.9 Å². The molecular weight excluding hydrogens is 390 g/mol. The average molecular weight is 415 g/mol. The second-order valence-electron chi connectivity index (χ2n) is 7.07. The van der Waals surface area contributed by atoms with E-state index in [-0.39, 0.29) is 0 Å². The second-order valence-corrected chi connectivity index (χ2v) is 7.07. The standard InChI is InChI=1S/C26H25NO4/c1-28-22-11-9-16(13-24(22)30-3)20-15-21(26(27)19-8-6-5-7-18(19)20)17-10-12-23(29-2)25(14-17)31-4/h5-15H,27H2,1-4H3. The SMILES string of the molecule is COc1ccc(-c2cc(-c3ccc(OC)c(OC)c3)c3ccccc3c2N)cc1OC. The lowest BCUT2D eigenvalue weighted by molar-refractivity contribution is 0.355. The predicted octanol–water partition coefficient (Wildman–Crippen LogP) is 5.79. The molecule has 5 nitrogen and oxygen atoms in total. The van der Waals surface area contributed by atoms with Crippen molar-refractivity contribution in [2.24, 2.45) is 0 Å². The summed E-state index contributed by atoms with van der Waals surface area (Å²) in [5.41, 5.74) is 11.3. The van der Waals surface area contributed by atoms with Crippen LogP contribution in [0.25, 0.3) is 33.0 Å². The minimum absolute atomic E-state index is 0.653. The van der Waals surface area contributed by atoms with Gasteiger partial charge >= 0.3 is 0 Å². The van der Waals surface area contributed by atoms with E-state index in [1.54, 1.807) is 28.4 Å². The summed E-state index contributed by atoms with van der Waals surface area (Å²) >= 11 is 0. The third kappa shape index (κ3) is 3.59. The summed E-state index contributed by atoms with van der Waals surface area (Å²) in [5.74, 6) is 2.69. The van der Waals surface area contributed by atoms with Crippen molar-refractivity contribution in [1.82, 2.24) is 0 Å². The zero-order valence-electron chi connectivity index (χ0n) is 18.1. The number of nitrogens with two attached hydrogens (primary N) is 1. The molecule has 4 aromatic carbocycles. The Labute approximate surface area is 181 Å². The third-order valence-corrected chi connectivity index (χ3v) is 5.48. The first-order valence-electron chi connectivity index (χ1n) is 9.87. The Bertz CT molecular complexity index is 1250. The molecule has 0 atom stereocenters. The molecule has 158 valence electrons. The lowest BCUT2D eigenvalue weighted by Gasteiger charge is -2.17. The van der Waals surface area contributed by atoms with Crippen LogP contribution in [0.3, 0.4) is 0 Å². The number of nitrogen functional groups attached to an aromatic ring is 1.